The summed E-state index contributed by atoms with van der Waals surface area (Å²) >= 11 is 10.4. The topological polar surface area (TPSA) is 44.9 Å². The number of Topliss-reactive ketones (excluding diaryl/α,β-unsaturated/α-hetero) is 1. The third-order valence-corrected chi connectivity index (χ3v) is 6.25. The van der Waals surface area contributed by atoms with Crippen molar-refractivity contribution in [2.75, 3.05) is 13.4 Å². The molecule has 194 valence electrons. The lowest BCUT2D eigenvalue weighted by molar-refractivity contribution is 0.101. The van der Waals surface area contributed by atoms with Crippen molar-refractivity contribution in [3.05, 3.63) is 124 Å². The van der Waals surface area contributed by atoms with Gasteiger partial charge in [-0.3, -0.25) is 4.79 Å². The van der Waals surface area contributed by atoms with Gasteiger partial charge in [0.1, 0.15) is 0 Å². The Morgan fingerprint density at radius 1 is 1.05 bits per heavy atom. The van der Waals surface area contributed by atoms with Crippen molar-refractivity contribution in [3.8, 4) is 0 Å². The molecule has 0 radical (unpaired) electrons. The highest BCUT2D eigenvalue weighted by molar-refractivity contribution is 6.31. The number of fused-ring (bicyclic) bond motifs is 1. The average molecular weight is 536 g/mol. The summed E-state index contributed by atoms with van der Waals surface area (Å²) in [4.78, 5) is 14.7. The highest BCUT2D eigenvalue weighted by atomic mass is 35.5. The Morgan fingerprint density at radius 2 is 1.78 bits per heavy atom. The molecule has 0 aliphatic heterocycles. The number of rotatable bonds is 8. The van der Waals surface area contributed by atoms with Crippen molar-refractivity contribution >= 4 is 46.0 Å². The van der Waals surface area contributed by atoms with Crippen LogP contribution in [0.25, 0.3) is 17.0 Å². The fourth-order valence-corrected chi connectivity index (χ4v) is 4.49. The van der Waals surface area contributed by atoms with Gasteiger partial charge in [-0.25, -0.2) is 0 Å². The second-order valence-electron chi connectivity index (χ2n) is 8.52. The van der Waals surface area contributed by atoms with Gasteiger partial charge in [-0.15, -0.1) is 18.2 Å². The number of alkyl halides is 1. The van der Waals surface area contributed by atoms with Gasteiger partial charge >= 0.3 is 0 Å². The Labute approximate surface area is 231 Å². The molecule has 37 heavy (non-hydrogen) atoms. The molecule has 0 amide bonds. The molecule has 0 saturated heterocycles. The largest absolute Gasteiger partial charge is 0.357 e. The van der Waals surface area contributed by atoms with Crippen molar-refractivity contribution < 1.29 is 4.79 Å². The van der Waals surface area contributed by atoms with Crippen LogP contribution in [0.5, 0.6) is 0 Å². The number of allylic oxidation sites excluding steroid dienone is 1. The molecule has 2 N–H and O–H groups in total. The van der Waals surface area contributed by atoms with Crippen LogP contribution in [0, 0.1) is 6.92 Å². The van der Waals surface area contributed by atoms with Crippen molar-refractivity contribution in [2.45, 2.75) is 32.7 Å². The Bertz CT molecular complexity index is 1340. The molecule has 0 fully saturated rings. The number of carbonyl (C=O) groups is 1. The molecule has 4 rings (SSSR count). The smallest absolute Gasteiger partial charge is 0.160 e. The van der Waals surface area contributed by atoms with E-state index in [4.69, 9.17) is 11.6 Å². The molecular weight excluding hydrogens is 499 g/mol. The molecular formula is C32H36Cl2N2O. The van der Waals surface area contributed by atoms with Crippen LogP contribution in [0.15, 0.2) is 86.0 Å². The molecule has 0 aliphatic rings. The van der Waals surface area contributed by atoms with Crippen LogP contribution < -0.4 is 5.32 Å². The van der Waals surface area contributed by atoms with E-state index in [1.807, 2.05) is 13.1 Å². The van der Waals surface area contributed by atoms with E-state index in [2.05, 4.69) is 90.5 Å². The zero-order chi connectivity index (χ0) is 27.4. The fraction of sp³-hybridized carbons (Fsp3) is 0.219. The predicted molar refractivity (Wildman–Crippen MR) is 162 cm³/mol. The molecule has 1 unspecified atom stereocenters. The third-order valence-electron chi connectivity index (χ3n) is 6.01. The Balaban J connectivity index is 0.000000291. The van der Waals surface area contributed by atoms with Crippen molar-refractivity contribution in [1.82, 2.24) is 10.3 Å². The quantitative estimate of drug-likeness (QED) is 0.134. The van der Waals surface area contributed by atoms with Gasteiger partial charge < -0.3 is 10.3 Å². The summed E-state index contributed by atoms with van der Waals surface area (Å²) in [6.45, 7) is 11.1. The zero-order valence-electron chi connectivity index (χ0n) is 22.1. The number of aromatic amines is 1. The molecule has 4 aromatic rings. The summed E-state index contributed by atoms with van der Waals surface area (Å²) in [5.74, 6) is 0.00685. The molecule has 0 aliphatic carbocycles. The van der Waals surface area contributed by atoms with Crippen LogP contribution in [-0.4, -0.2) is 24.2 Å². The normalized spacial score (nSPS) is 11.0. The molecule has 1 aromatic heterocycles. The second-order valence-corrected chi connectivity index (χ2v) is 8.95. The van der Waals surface area contributed by atoms with E-state index in [1.54, 1.807) is 24.3 Å². The van der Waals surface area contributed by atoms with Gasteiger partial charge in [0.2, 0.25) is 0 Å². The fourth-order valence-electron chi connectivity index (χ4n) is 4.32. The highest BCUT2D eigenvalue weighted by Crippen LogP contribution is 2.31. The van der Waals surface area contributed by atoms with Crippen molar-refractivity contribution in [1.29, 1.82) is 0 Å². The van der Waals surface area contributed by atoms with Gasteiger partial charge in [0.05, 0.1) is 6.04 Å². The first kappa shape index (κ1) is 30.1. The van der Waals surface area contributed by atoms with E-state index in [9.17, 15) is 4.79 Å². The number of para-hydroxylation sites is 1. The number of benzene rings is 3. The number of nitrogens with one attached hydrogen (secondary N) is 2. The van der Waals surface area contributed by atoms with E-state index < -0.39 is 0 Å². The lowest BCUT2D eigenvalue weighted by Crippen LogP contribution is -2.19. The minimum absolute atomic E-state index is 0.00685. The Hall–Kier alpha value is -3.11. The number of hydrogen-bond donors (Lipinski definition) is 2. The number of aryl methyl sites for hydroxylation is 2. The van der Waals surface area contributed by atoms with E-state index in [0.717, 1.165) is 18.4 Å². The van der Waals surface area contributed by atoms with Crippen LogP contribution in [-0.2, 0) is 6.42 Å². The first-order valence-corrected chi connectivity index (χ1v) is 13.3. The van der Waals surface area contributed by atoms with Crippen LogP contribution in [0.2, 0.25) is 5.02 Å². The minimum Gasteiger partial charge on any atom is -0.357 e. The van der Waals surface area contributed by atoms with Crippen LogP contribution in [0.1, 0.15) is 57.7 Å². The lowest BCUT2D eigenvalue weighted by Gasteiger charge is -2.18. The number of ketones is 1. The number of halogens is 2. The summed E-state index contributed by atoms with van der Waals surface area (Å²) in [6.07, 6.45) is 7.10. The molecule has 3 aromatic carbocycles. The molecule has 3 nitrogen and oxygen atoms in total. The van der Waals surface area contributed by atoms with Gasteiger partial charge in [0.15, 0.2) is 5.78 Å². The average Bonchev–Trinajstić information content (AvgIpc) is 3.27. The Morgan fingerprint density at radius 3 is 2.41 bits per heavy atom. The molecule has 0 saturated carbocycles. The van der Waals surface area contributed by atoms with Crippen LogP contribution in [0.4, 0.5) is 0 Å². The monoisotopic (exact) mass is 534 g/mol. The van der Waals surface area contributed by atoms with E-state index in [1.165, 1.54) is 46.6 Å². The van der Waals surface area contributed by atoms with Crippen molar-refractivity contribution in [3.63, 3.8) is 0 Å². The summed E-state index contributed by atoms with van der Waals surface area (Å²) in [6, 6.07) is 22.6. The van der Waals surface area contributed by atoms with Crippen LogP contribution >= 0.6 is 23.2 Å². The van der Waals surface area contributed by atoms with Gasteiger partial charge in [0.25, 0.3) is 0 Å². The van der Waals surface area contributed by atoms with Crippen molar-refractivity contribution in [2.24, 2.45) is 0 Å². The summed E-state index contributed by atoms with van der Waals surface area (Å²) in [7, 11) is 2.02. The van der Waals surface area contributed by atoms with E-state index in [-0.39, 0.29) is 11.8 Å². The maximum atomic E-state index is 11.1. The number of hydrogen-bond acceptors (Lipinski definition) is 2. The lowest BCUT2D eigenvalue weighted by atomic mass is 9.96. The van der Waals surface area contributed by atoms with Gasteiger partial charge in [0, 0.05) is 33.6 Å². The molecule has 0 bridgehead atoms. The minimum atomic E-state index is 0.00685. The first-order chi connectivity index (χ1) is 17.9. The number of carbonyl (C=O) groups excluding carboxylic acids is 1. The molecule has 1 heterocycles. The van der Waals surface area contributed by atoms with E-state index >= 15 is 0 Å². The zero-order valence-corrected chi connectivity index (χ0v) is 23.6. The Kier molecular flexibility index (Phi) is 12.4. The van der Waals surface area contributed by atoms with Gasteiger partial charge in [-0.05, 0) is 68.6 Å². The molecule has 0 spiro atoms. The standard InChI is InChI=1S/C21H24N2.C10H9ClO.CH3Cl/c1-4-5-11-18-17-12-6-7-13-19(17)23-21(18)20(22-3)16-10-8-9-15(2)14-16;1-3-8-4-5-9(11)6-10(8)7(2)12;1-2/h4,6-10,12-14,20,22-23H,1,5,11H2,2-3H3;3-6H,1H2,2H3;1H3. The summed E-state index contributed by atoms with van der Waals surface area (Å²) in [5.41, 5.74) is 7.88. The SMILES string of the molecule is C=CCCc1c(C(NC)c2cccc(C)c2)[nH]c2ccccc12.C=Cc1ccc(Cl)cc1C(C)=O.CCl. The summed E-state index contributed by atoms with van der Waals surface area (Å²) < 4.78 is 0. The maximum Gasteiger partial charge on any atom is 0.160 e. The number of aromatic nitrogens is 1. The van der Waals surface area contributed by atoms with Gasteiger partial charge in [-0.1, -0.05) is 84.4 Å². The number of H-pyrrole nitrogens is 1. The van der Waals surface area contributed by atoms with Gasteiger partial charge in [-0.2, -0.15) is 0 Å². The molecule has 1 atom stereocenters. The maximum absolute atomic E-state index is 11.1. The molecule has 5 heteroatoms. The highest BCUT2D eigenvalue weighted by Gasteiger charge is 2.20. The first-order valence-electron chi connectivity index (χ1n) is 12.1. The second kappa shape index (κ2) is 15.2. The third kappa shape index (κ3) is 7.93. The predicted octanol–water partition coefficient (Wildman–Crippen LogP) is 8.94. The van der Waals surface area contributed by atoms with E-state index in [0.29, 0.717) is 10.6 Å². The summed E-state index contributed by atoms with van der Waals surface area (Å²) in [5, 5.41) is 5.37. The van der Waals surface area contributed by atoms with Crippen LogP contribution in [0.3, 0.4) is 0 Å².